The first-order chi connectivity index (χ1) is 16.5. The Bertz CT molecular complexity index is 1160. The molecule has 3 aromatic carbocycles. The molecule has 0 aromatic heterocycles. The van der Waals surface area contributed by atoms with Crippen molar-refractivity contribution < 1.29 is 24.2 Å². The highest BCUT2D eigenvalue weighted by atomic mass is 16.6. The first-order valence-corrected chi connectivity index (χ1v) is 11.3. The van der Waals surface area contributed by atoms with Gasteiger partial charge in [0.1, 0.15) is 12.4 Å². The topological polar surface area (TPSA) is 80.6 Å². The SMILES string of the molecule is CCC(Oc1ccc(C(C)=NOCCN2c3ccccc3Oc3ccccc32)cc1C)C(=O)O. The lowest BCUT2D eigenvalue weighted by atomic mass is 10.1. The molecule has 1 unspecified atom stereocenters. The van der Waals surface area contributed by atoms with Crippen LogP contribution in [0.4, 0.5) is 11.4 Å². The predicted octanol–water partition coefficient (Wildman–Crippen LogP) is 5.92. The van der Waals surface area contributed by atoms with Crippen LogP contribution in [0.1, 0.15) is 31.4 Å². The summed E-state index contributed by atoms with van der Waals surface area (Å²) in [6.07, 6.45) is -0.471. The lowest BCUT2D eigenvalue weighted by Crippen LogP contribution is -2.26. The Morgan fingerprint density at radius 2 is 1.71 bits per heavy atom. The monoisotopic (exact) mass is 460 g/mol. The van der Waals surface area contributed by atoms with E-state index in [0.717, 1.165) is 39.7 Å². The molecule has 0 fully saturated rings. The molecule has 4 rings (SSSR count). The number of hydrogen-bond donors (Lipinski definition) is 1. The molecule has 0 radical (unpaired) electrons. The van der Waals surface area contributed by atoms with Crippen molar-refractivity contribution >= 4 is 23.1 Å². The molecule has 1 aliphatic heterocycles. The zero-order chi connectivity index (χ0) is 24.1. The summed E-state index contributed by atoms with van der Waals surface area (Å²) in [5.74, 6) is 1.21. The van der Waals surface area contributed by atoms with Gasteiger partial charge in [-0.05, 0) is 73.9 Å². The zero-order valence-electron chi connectivity index (χ0n) is 19.5. The van der Waals surface area contributed by atoms with E-state index in [2.05, 4.69) is 10.1 Å². The van der Waals surface area contributed by atoms with Gasteiger partial charge in [-0.3, -0.25) is 0 Å². The molecule has 0 saturated carbocycles. The molecular weight excluding hydrogens is 432 g/mol. The molecule has 0 spiro atoms. The summed E-state index contributed by atoms with van der Waals surface area (Å²) in [5.41, 5.74) is 4.43. The molecule has 1 heterocycles. The van der Waals surface area contributed by atoms with Crippen LogP contribution >= 0.6 is 0 Å². The third-order valence-electron chi connectivity index (χ3n) is 5.65. The van der Waals surface area contributed by atoms with Gasteiger partial charge in [-0.15, -0.1) is 0 Å². The van der Waals surface area contributed by atoms with Crippen molar-refractivity contribution in [3.63, 3.8) is 0 Å². The lowest BCUT2D eigenvalue weighted by molar-refractivity contribution is -0.145. The van der Waals surface area contributed by atoms with Crippen LogP contribution in [0.25, 0.3) is 0 Å². The van der Waals surface area contributed by atoms with Crippen LogP contribution in [0.2, 0.25) is 0 Å². The maximum atomic E-state index is 11.2. The van der Waals surface area contributed by atoms with Gasteiger partial charge in [-0.2, -0.15) is 0 Å². The second-order valence-corrected chi connectivity index (χ2v) is 8.03. The van der Waals surface area contributed by atoms with E-state index in [1.165, 1.54) is 0 Å². The van der Waals surface area contributed by atoms with Gasteiger partial charge in [0.2, 0.25) is 0 Å². The third-order valence-corrected chi connectivity index (χ3v) is 5.65. The van der Waals surface area contributed by atoms with Crippen molar-refractivity contribution in [1.29, 1.82) is 0 Å². The number of ether oxygens (including phenoxy) is 2. The molecular formula is C27H28N2O5. The molecule has 0 amide bonds. The van der Waals surface area contributed by atoms with Crippen LogP contribution in [0.5, 0.6) is 17.2 Å². The summed E-state index contributed by atoms with van der Waals surface area (Å²) in [7, 11) is 0. The van der Waals surface area contributed by atoms with Crippen LogP contribution in [-0.2, 0) is 9.63 Å². The Kier molecular flexibility index (Phi) is 7.01. The number of fused-ring (bicyclic) bond motifs is 2. The molecule has 176 valence electrons. The predicted molar refractivity (Wildman–Crippen MR) is 132 cm³/mol. The average Bonchev–Trinajstić information content (AvgIpc) is 2.84. The second kappa shape index (κ2) is 10.3. The number of aryl methyl sites for hydroxylation is 1. The number of rotatable bonds is 9. The number of para-hydroxylation sites is 4. The molecule has 1 N–H and O–H groups in total. The number of carbonyl (C=O) groups is 1. The number of carboxylic acid groups (broad SMARTS) is 1. The summed E-state index contributed by atoms with van der Waals surface area (Å²) in [6, 6.07) is 21.4. The maximum absolute atomic E-state index is 11.2. The van der Waals surface area contributed by atoms with Crippen LogP contribution in [-0.4, -0.2) is 36.0 Å². The Hall–Kier alpha value is -4.00. The maximum Gasteiger partial charge on any atom is 0.344 e. The number of anilines is 2. The van der Waals surface area contributed by atoms with Crippen molar-refractivity contribution in [3.05, 3.63) is 77.9 Å². The van der Waals surface area contributed by atoms with E-state index in [-0.39, 0.29) is 0 Å². The Morgan fingerprint density at radius 3 is 2.29 bits per heavy atom. The van der Waals surface area contributed by atoms with Gasteiger partial charge in [-0.25, -0.2) is 4.79 Å². The van der Waals surface area contributed by atoms with Gasteiger partial charge in [0.15, 0.2) is 17.6 Å². The smallest absolute Gasteiger partial charge is 0.344 e. The van der Waals surface area contributed by atoms with Crippen LogP contribution in [0.3, 0.4) is 0 Å². The number of nitrogens with zero attached hydrogens (tertiary/aromatic N) is 2. The Morgan fingerprint density at radius 1 is 1.06 bits per heavy atom. The van der Waals surface area contributed by atoms with Gasteiger partial charge in [0.25, 0.3) is 0 Å². The molecule has 0 bridgehead atoms. The van der Waals surface area contributed by atoms with Gasteiger partial charge in [-0.1, -0.05) is 36.3 Å². The number of aliphatic carboxylic acids is 1. The third kappa shape index (κ3) is 4.98. The van der Waals surface area contributed by atoms with Crippen LogP contribution < -0.4 is 14.4 Å². The molecule has 7 nitrogen and oxygen atoms in total. The van der Waals surface area contributed by atoms with E-state index in [0.29, 0.717) is 25.3 Å². The molecule has 1 aliphatic rings. The van der Waals surface area contributed by atoms with Crippen molar-refractivity contribution in [3.8, 4) is 17.2 Å². The van der Waals surface area contributed by atoms with Crippen LogP contribution in [0, 0.1) is 6.92 Å². The minimum atomic E-state index is -0.970. The van der Waals surface area contributed by atoms with Crippen molar-refractivity contribution in [1.82, 2.24) is 0 Å². The highest BCUT2D eigenvalue weighted by Gasteiger charge is 2.23. The number of hydrogen-bond acceptors (Lipinski definition) is 6. The molecule has 0 saturated heterocycles. The molecule has 3 aromatic rings. The minimum Gasteiger partial charge on any atom is -0.479 e. The van der Waals surface area contributed by atoms with E-state index in [1.807, 2.05) is 74.5 Å². The van der Waals surface area contributed by atoms with Crippen molar-refractivity contribution in [2.24, 2.45) is 5.16 Å². The van der Waals surface area contributed by atoms with E-state index in [9.17, 15) is 9.90 Å². The number of benzene rings is 3. The molecule has 7 heteroatoms. The highest BCUT2D eigenvalue weighted by molar-refractivity contribution is 5.98. The summed E-state index contributed by atoms with van der Waals surface area (Å²) < 4.78 is 11.6. The van der Waals surface area contributed by atoms with Gasteiger partial charge < -0.3 is 24.3 Å². The normalized spacial score (nSPS) is 13.4. The molecule has 1 atom stereocenters. The second-order valence-electron chi connectivity index (χ2n) is 8.03. The fourth-order valence-electron chi connectivity index (χ4n) is 3.82. The van der Waals surface area contributed by atoms with Gasteiger partial charge in [0.05, 0.1) is 23.6 Å². The van der Waals surface area contributed by atoms with E-state index < -0.39 is 12.1 Å². The van der Waals surface area contributed by atoms with Crippen molar-refractivity contribution in [2.75, 3.05) is 18.1 Å². The standard InChI is InChI=1S/C27H28N2O5/c1-4-23(27(30)31)33-24-14-13-20(17-18(24)2)19(3)28-32-16-15-29-21-9-5-7-11-25(21)34-26-12-8-6-10-22(26)29/h5-14,17,23H,4,15-16H2,1-3H3,(H,30,31). The average molecular weight is 461 g/mol. The van der Waals surface area contributed by atoms with Crippen molar-refractivity contribution in [2.45, 2.75) is 33.3 Å². The van der Waals surface area contributed by atoms with E-state index in [1.54, 1.807) is 13.0 Å². The number of oxime groups is 1. The summed E-state index contributed by atoms with van der Waals surface area (Å²) >= 11 is 0. The van der Waals surface area contributed by atoms with Gasteiger partial charge >= 0.3 is 5.97 Å². The Balaban J connectivity index is 1.41. The zero-order valence-corrected chi connectivity index (χ0v) is 19.5. The summed E-state index contributed by atoms with van der Waals surface area (Å²) in [6.45, 7) is 6.53. The first kappa shape index (κ1) is 23.2. The summed E-state index contributed by atoms with van der Waals surface area (Å²) in [5, 5.41) is 13.5. The highest BCUT2D eigenvalue weighted by Crippen LogP contribution is 2.45. The minimum absolute atomic E-state index is 0.386. The van der Waals surface area contributed by atoms with E-state index in [4.69, 9.17) is 14.3 Å². The van der Waals surface area contributed by atoms with Crippen LogP contribution in [0.15, 0.2) is 71.9 Å². The molecule has 0 aliphatic carbocycles. The Labute approximate surface area is 199 Å². The quantitative estimate of drug-likeness (QED) is 0.242. The van der Waals surface area contributed by atoms with E-state index >= 15 is 0 Å². The number of carboxylic acids is 1. The first-order valence-electron chi connectivity index (χ1n) is 11.3. The fourth-order valence-corrected chi connectivity index (χ4v) is 3.82. The fraction of sp³-hybridized carbons (Fsp3) is 0.259. The van der Waals surface area contributed by atoms with Gasteiger partial charge in [0, 0.05) is 0 Å². The summed E-state index contributed by atoms with van der Waals surface area (Å²) in [4.78, 5) is 19.1. The largest absolute Gasteiger partial charge is 0.479 e. The lowest BCUT2D eigenvalue weighted by Gasteiger charge is -2.32. The molecule has 34 heavy (non-hydrogen) atoms.